The highest BCUT2D eigenvalue weighted by Crippen LogP contribution is 2.58. The van der Waals surface area contributed by atoms with Gasteiger partial charge in [0.2, 0.25) is 0 Å². The highest BCUT2D eigenvalue weighted by atomic mass is 16.3. The maximum absolute atomic E-state index is 6.49. The van der Waals surface area contributed by atoms with Crippen molar-refractivity contribution in [3.63, 3.8) is 0 Å². The van der Waals surface area contributed by atoms with Gasteiger partial charge in [0.25, 0.3) is 0 Å². The van der Waals surface area contributed by atoms with Crippen molar-refractivity contribution in [2.45, 2.75) is 5.41 Å². The minimum Gasteiger partial charge on any atom is -0.456 e. The second-order valence-corrected chi connectivity index (χ2v) is 19.2. The molecule has 342 valence electrons. The molecule has 13 aromatic rings. The van der Waals surface area contributed by atoms with Crippen LogP contribution in [0.15, 0.2) is 290 Å². The van der Waals surface area contributed by atoms with Crippen LogP contribution in [0.4, 0.5) is 17.1 Å². The predicted octanol–water partition coefficient (Wildman–Crippen LogP) is 19.2. The normalized spacial score (nSPS) is 12.5. The van der Waals surface area contributed by atoms with Crippen molar-refractivity contribution in [3.8, 4) is 55.6 Å². The molecule has 12 aromatic carbocycles. The second-order valence-electron chi connectivity index (χ2n) is 19.2. The summed E-state index contributed by atoms with van der Waals surface area (Å²) in [6.45, 7) is 0. The fraction of sp³-hybridized carbons (Fsp3) is 0.0141. The van der Waals surface area contributed by atoms with Crippen LogP contribution in [0.5, 0.6) is 0 Å². The van der Waals surface area contributed by atoms with E-state index in [2.05, 4.69) is 284 Å². The number of fused-ring (bicyclic) bond motifs is 7. The lowest BCUT2D eigenvalue weighted by atomic mass is 9.67. The van der Waals surface area contributed by atoms with Gasteiger partial charge in [-0.25, -0.2) is 0 Å². The molecule has 0 fully saturated rings. The Labute approximate surface area is 425 Å². The van der Waals surface area contributed by atoms with E-state index in [-0.39, 0.29) is 0 Å². The largest absolute Gasteiger partial charge is 0.456 e. The van der Waals surface area contributed by atoms with E-state index in [0.29, 0.717) is 0 Å². The number of para-hydroxylation sites is 1. The molecule has 0 saturated carbocycles. The summed E-state index contributed by atoms with van der Waals surface area (Å²) in [5.41, 5.74) is 21.6. The quantitative estimate of drug-likeness (QED) is 0.143. The zero-order valence-electron chi connectivity index (χ0n) is 40.0. The summed E-state index contributed by atoms with van der Waals surface area (Å²) in [5.74, 6) is 0. The molecule has 2 heteroatoms. The molecule has 14 rings (SSSR count). The van der Waals surface area contributed by atoms with Gasteiger partial charge in [0.1, 0.15) is 11.2 Å². The number of hydrogen-bond acceptors (Lipinski definition) is 2. The van der Waals surface area contributed by atoms with Crippen molar-refractivity contribution in [1.82, 2.24) is 0 Å². The topological polar surface area (TPSA) is 16.4 Å². The highest BCUT2D eigenvalue weighted by Gasteiger charge is 2.46. The molecule has 0 atom stereocenters. The van der Waals surface area contributed by atoms with Crippen LogP contribution in [0.2, 0.25) is 0 Å². The Balaban J connectivity index is 0.860. The first kappa shape index (κ1) is 42.4. The molecule has 1 aliphatic rings. The van der Waals surface area contributed by atoms with Gasteiger partial charge in [-0.3, -0.25) is 0 Å². The fourth-order valence-corrected chi connectivity index (χ4v) is 11.8. The summed E-state index contributed by atoms with van der Waals surface area (Å²) in [4.78, 5) is 2.38. The number of anilines is 3. The van der Waals surface area contributed by atoms with E-state index in [9.17, 15) is 0 Å². The van der Waals surface area contributed by atoms with E-state index in [0.717, 1.165) is 50.1 Å². The summed E-state index contributed by atoms with van der Waals surface area (Å²) in [6.07, 6.45) is 0. The van der Waals surface area contributed by atoms with Crippen molar-refractivity contribution in [3.05, 3.63) is 307 Å². The number of benzene rings is 12. The number of nitrogens with zero attached hydrogens (tertiary/aromatic N) is 1. The molecule has 0 spiro atoms. The monoisotopic (exact) mass is 929 g/mol. The minimum absolute atomic E-state index is 0.468. The van der Waals surface area contributed by atoms with Gasteiger partial charge < -0.3 is 9.32 Å². The van der Waals surface area contributed by atoms with Crippen molar-refractivity contribution in [1.29, 1.82) is 0 Å². The number of furan rings is 1. The Bertz CT molecular complexity index is 4150. The van der Waals surface area contributed by atoms with E-state index in [1.54, 1.807) is 0 Å². The van der Waals surface area contributed by atoms with Crippen LogP contribution in [0, 0.1) is 0 Å². The average molecular weight is 930 g/mol. The molecule has 0 amide bonds. The molecule has 73 heavy (non-hydrogen) atoms. The molecule has 0 saturated heterocycles. The summed E-state index contributed by atoms with van der Waals surface area (Å²) >= 11 is 0. The zero-order valence-corrected chi connectivity index (χ0v) is 40.0. The zero-order chi connectivity index (χ0) is 48.3. The Morgan fingerprint density at radius 2 is 0.795 bits per heavy atom. The molecule has 1 heterocycles. The SMILES string of the molecule is c1ccc(C2(c3ccccc3)c3ccccc3-c3c(-c4ccc(N(c5ccc(-c6cccc(-c7cccc(-c8ccc9ccccc9c8)c7)c6)cc5)c5cccc6oc7ccccc7c56)cc4)cccc32)cc1. The minimum atomic E-state index is -0.468. The van der Waals surface area contributed by atoms with Gasteiger partial charge in [-0.2, -0.15) is 0 Å². The van der Waals surface area contributed by atoms with Crippen LogP contribution in [0.25, 0.3) is 88.3 Å². The van der Waals surface area contributed by atoms with Gasteiger partial charge in [0.05, 0.1) is 16.5 Å². The van der Waals surface area contributed by atoms with E-state index in [4.69, 9.17) is 4.42 Å². The number of hydrogen-bond donors (Lipinski definition) is 0. The first-order valence-corrected chi connectivity index (χ1v) is 25.1. The van der Waals surface area contributed by atoms with E-state index < -0.39 is 5.41 Å². The third kappa shape index (κ3) is 7.02. The third-order valence-corrected chi connectivity index (χ3v) is 15.1. The fourth-order valence-electron chi connectivity index (χ4n) is 11.8. The van der Waals surface area contributed by atoms with Crippen LogP contribution < -0.4 is 4.90 Å². The summed E-state index contributed by atoms with van der Waals surface area (Å²) in [5, 5.41) is 4.67. The first-order valence-electron chi connectivity index (χ1n) is 25.1. The van der Waals surface area contributed by atoms with Crippen molar-refractivity contribution in [2.24, 2.45) is 0 Å². The third-order valence-electron chi connectivity index (χ3n) is 15.1. The van der Waals surface area contributed by atoms with Crippen LogP contribution in [-0.4, -0.2) is 0 Å². The molecular weight excluding hydrogens is 883 g/mol. The maximum atomic E-state index is 6.49. The van der Waals surface area contributed by atoms with Crippen LogP contribution in [0.3, 0.4) is 0 Å². The molecule has 2 nitrogen and oxygen atoms in total. The average Bonchev–Trinajstić information content (AvgIpc) is 4.01. The summed E-state index contributed by atoms with van der Waals surface area (Å²) in [7, 11) is 0. The van der Waals surface area contributed by atoms with Gasteiger partial charge in [-0.05, 0) is 149 Å². The lowest BCUT2D eigenvalue weighted by molar-refractivity contribution is 0.669. The molecule has 0 N–H and O–H groups in total. The Morgan fingerprint density at radius 1 is 0.301 bits per heavy atom. The maximum Gasteiger partial charge on any atom is 0.137 e. The smallest absolute Gasteiger partial charge is 0.137 e. The van der Waals surface area contributed by atoms with Gasteiger partial charge in [-0.15, -0.1) is 0 Å². The van der Waals surface area contributed by atoms with Gasteiger partial charge in [-0.1, -0.05) is 224 Å². The Kier molecular flexibility index (Phi) is 10.1. The van der Waals surface area contributed by atoms with E-state index in [1.165, 1.54) is 77.5 Å². The lowest BCUT2D eigenvalue weighted by Gasteiger charge is -2.34. The van der Waals surface area contributed by atoms with E-state index in [1.807, 2.05) is 6.07 Å². The molecule has 0 aliphatic heterocycles. The molecular formula is C71H47NO. The standard InChI is InChI=1S/C71H47NO/c1-3-23-57(24-4-1)71(58-25-5-2-6-26-58)64-30-11-9-27-62(64)69-61(29-15-31-65(69)71)50-39-43-60(44-40-50)72(66-32-16-34-68-70(66)63-28-10-12-33-67(63)73-68)59-41-37-49(38-42-59)52-19-13-20-53(45-52)54-21-14-22-55(47-54)56-36-35-48-17-7-8-18-51(48)46-56/h1-47H. The van der Waals surface area contributed by atoms with Crippen molar-refractivity contribution < 1.29 is 4.42 Å². The van der Waals surface area contributed by atoms with Gasteiger partial charge in [0.15, 0.2) is 0 Å². The lowest BCUT2D eigenvalue weighted by Crippen LogP contribution is -2.28. The predicted molar refractivity (Wildman–Crippen MR) is 305 cm³/mol. The summed E-state index contributed by atoms with van der Waals surface area (Å²) in [6, 6.07) is 104. The Morgan fingerprint density at radius 3 is 1.49 bits per heavy atom. The van der Waals surface area contributed by atoms with E-state index >= 15 is 0 Å². The van der Waals surface area contributed by atoms with Gasteiger partial charge >= 0.3 is 0 Å². The summed E-state index contributed by atoms with van der Waals surface area (Å²) < 4.78 is 6.49. The van der Waals surface area contributed by atoms with Gasteiger partial charge in [0, 0.05) is 16.8 Å². The molecule has 1 aromatic heterocycles. The van der Waals surface area contributed by atoms with Crippen molar-refractivity contribution in [2.75, 3.05) is 4.90 Å². The molecule has 0 radical (unpaired) electrons. The van der Waals surface area contributed by atoms with Crippen molar-refractivity contribution >= 4 is 49.8 Å². The molecule has 1 aliphatic carbocycles. The number of rotatable bonds is 9. The van der Waals surface area contributed by atoms with Crippen LogP contribution in [-0.2, 0) is 5.41 Å². The second kappa shape index (κ2) is 17.4. The van der Waals surface area contributed by atoms with Crippen LogP contribution >= 0.6 is 0 Å². The highest BCUT2D eigenvalue weighted by molar-refractivity contribution is 6.13. The first-order chi connectivity index (χ1) is 36.2. The molecule has 0 bridgehead atoms. The molecule has 0 unspecified atom stereocenters. The van der Waals surface area contributed by atoms with Crippen LogP contribution in [0.1, 0.15) is 22.3 Å². The Hall–Kier alpha value is -9.50.